The third-order valence-electron chi connectivity index (χ3n) is 4.97. The van der Waals surface area contributed by atoms with Gasteiger partial charge in [-0.25, -0.2) is 4.39 Å². The second kappa shape index (κ2) is 12.1. The highest BCUT2D eigenvalue weighted by molar-refractivity contribution is 9.10. The second-order valence-corrected chi connectivity index (χ2v) is 8.61. The molecular weight excluding hydrogens is 479 g/mol. The lowest BCUT2D eigenvalue weighted by Gasteiger charge is -2.20. The molecule has 0 radical (unpaired) electrons. The average molecular weight is 509 g/mol. The number of ether oxygens (including phenoxy) is 2. The highest BCUT2D eigenvalue weighted by Gasteiger charge is 2.20. The van der Waals surface area contributed by atoms with Gasteiger partial charge in [-0.1, -0.05) is 38.1 Å². The molecule has 7 heteroatoms. The summed E-state index contributed by atoms with van der Waals surface area (Å²) >= 11 is 3.57. The van der Waals surface area contributed by atoms with Crippen LogP contribution in [-0.2, 0) is 9.53 Å². The molecule has 0 amide bonds. The Kier molecular flexibility index (Phi) is 9.87. The van der Waals surface area contributed by atoms with Crippen LogP contribution in [-0.4, -0.2) is 42.1 Å². The first-order valence-electron chi connectivity index (χ1n) is 10.5. The average Bonchev–Trinajstić information content (AvgIpc) is 2.72. The van der Waals surface area contributed by atoms with E-state index in [9.17, 15) is 19.4 Å². The van der Waals surface area contributed by atoms with Crippen LogP contribution in [0.2, 0.25) is 0 Å². The number of methoxy groups -OCH3 is 1. The minimum atomic E-state index is -1.02. The van der Waals surface area contributed by atoms with Gasteiger partial charge in [0.1, 0.15) is 11.6 Å². The molecule has 2 aromatic carbocycles. The number of esters is 1. The molecule has 0 aliphatic rings. The summed E-state index contributed by atoms with van der Waals surface area (Å²) < 4.78 is 24.8. The molecule has 2 aromatic rings. The molecule has 32 heavy (non-hydrogen) atoms. The summed E-state index contributed by atoms with van der Waals surface area (Å²) in [6.07, 6.45) is 1.18. The number of carbonyl (C=O) groups excluding carboxylic acids is 1. The molecule has 2 atom stereocenters. The molecule has 0 aliphatic heterocycles. The van der Waals surface area contributed by atoms with Crippen molar-refractivity contribution in [1.82, 2.24) is 0 Å². The molecule has 0 bridgehead atoms. The van der Waals surface area contributed by atoms with Crippen LogP contribution in [0.5, 0.6) is 5.75 Å². The fraction of sp³-hybridized carbons (Fsp3) is 0.400. The van der Waals surface area contributed by atoms with E-state index in [-0.39, 0.29) is 31.2 Å². The minimum Gasteiger partial charge on any atom is -0.495 e. The van der Waals surface area contributed by atoms with E-state index in [2.05, 4.69) is 29.8 Å². The van der Waals surface area contributed by atoms with Gasteiger partial charge < -0.3 is 19.7 Å². The molecular formula is C25H30BrFO5. The van der Waals surface area contributed by atoms with Gasteiger partial charge >= 0.3 is 5.97 Å². The Morgan fingerprint density at radius 2 is 1.88 bits per heavy atom. The number of hydrogen-bond donors (Lipinski definition) is 2. The van der Waals surface area contributed by atoms with E-state index < -0.39 is 18.2 Å². The first-order valence-corrected chi connectivity index (χ1v) is 11.3. The van der Waals surface area contributed by atoms with Crippen molar-refractivity contribution in [1.29, 1.82) is 0 Å². The lowest BCUT2D eigenvalue weighted by Crippen LogP contribution is -2.20. The Bertz CT molecular complexity index is 940. The highest BCUT2D eigenvalue weighted by Crippen LogP contribution is 2.43. The largest absolute Gasteiger partial charge is 0.495 e. The van der Waals surface area contributed by atoms with Gasteiger partial charge in [0.05, 0.1) is 36.8 Å². The zero-order chi connectivity index (χ0) is 23.8. The lowest BCUT2D eigenvalue weighted by molar-refractivity contribution is -0.145. The van der Waals surface area contributed by atoms with Gasteiger partial charge in [0.2, 0.25) is 0 Å². The summed E-state index contributed by atoms with van der Waals surface area (Å²) in [4.78, 5) is 11.5. The van der Waals surface area contributed by atoms with Crippen molar-refractivity contribution in [3.63, 3.8) is 0 Å². The van der Waals surface area contributed by atoms with Crippen LogP contribution in [0.4, 0.5) is 4.39 Å². The molecule has 2 unspecified atom stereocenters. The number of benzene rings is 2. The van der Waals surface area contributed by atoms with Crippen LogP contribution in [0.3, 0.4) is 0 Å². The first kappa shape index (κ1) is 26.0. The van der Waals surface area contributed by atoms with E-state index in [0.717, 1.165) is 26.7 Å². The van der Waals surface area contributed by atoms with Gasteiger partial charge in [0, 0.05) is 12.0 Å². The SMILES string of the molecule is CCOC(=O)CC(O)CC(O)C=Cc1c(C(C)C)cc(Br)c(OC)c1-c1ccc(F)cc1. The molecule has 2 N–H and O–H groups in total. The standard InChI is InChI=1S/C25H30BrFO5/c1-5-32-23(30)13-19(29)12-18(28)10-11-20-21(15(2)3)14-22(26)25(31-4)24(20)16-6-8-17(27)9-7-16/h6-11,14-15,18-19,28-29H,5,12-13H2,1-4H3. The van der Waals surface area contributed by atoms with E-state index in [1.165, 1.54) is 12.1 Å². The lowest BCUT2D eigenvalue weighted by atomic mass is 9.88. The van der Waals surface area contributed by atoms with E-state index in [4.69, 9.17) is 9.47 Å². The van der Waals surface area contributed by atoms with Crippen LogP contribution in [0.1, 0.15) is 50.7 Å². The van der Waals surface area contributed by atoms with E-state index in [1.54, 1.807) is 38.3 Å². The molecule has 0 heterocycles. The predicted molar refractivity (Wildman–Crippen MR) is 127 cm³/mol. The minimum absolute atomic E-state index is 0.00806. The summed E-state index contributed by atoms with van der Waals surface area (Å²) in [5.74, 6) is -0.0930. The zero-order valence-corrected chi connectivity index (χ0v) is 20.4. The molecule has 0 aromatic heterocycles. The van der Waals surface area contributed by atoms with Crippen molar-refractivity contribution in [2.75, 3.05) is 13.7 Å². The van der Waals surface area contributed by atoms with Gasteiger partial charge in [0.25, 0.3) is 0 Å². The van der Waals surface area contributed by atoms with E-state index in [0.29, 0.717) is 5.75 Å². The number of rotatable bonds is 10. The maximum atomic E-state index is 13.5. The van der Waals surface area contributed by atoms with Gasteiger partial charge in [-0.2, -0.15) is 0 Å². The van der Waals surface area contributed by atoms with Crippen molar-refractivity contribution in [2.45, 2.75) is 51.7 Å². The summed E-state index contributed by atoms with van der Waals surface area (Å²) in [5, 5.41) is 20.5. The number of aliphatic hydroxyl groups is 2. The summed E-state index contributed by atoms with van der Waals surface area (Å²) in [5.41, 5.74) is 3.36. The summed E-state index contributed by atoms with van der Waals surface area (Å²) in [6.45, 7) is 6.04. The van der Waals surface area contributed by atoms with Crippen LogP contribution < -0.4 is 4.74 Å². The topological polar surface area (TPSA) is 76.0 Å². The van der Waals surface area contributed by atoms with Crippen LogP contribution >= 0.6 is 15.9 Å². The van der Waals surface area contributed by atoms with Crippen molar-refractivity contribution in [2.24, 2.45) is 0 Å². The summed E-state index contributed by atoms with van der Waals surface area (Å²) in [6, 6.07) is 8.11. The van der Waals surface area contributed by atoms with Crippen molar-refractivity contribution >= 4 is 28.0 Å². The second-order valence-electron chi connectivity index (χ2n) is 7.76. The number of halogens is 2. The first-order chi connectivity index (χ1) is 15.2. The number of hydrogen-bond acceptors (Lipinski definition) is 5. The monoisotopic (exact) mass is 508 g/mol. The van der Waals surface area contributed by atoms with Crippen molar-refractivity contribution in [3.8, 4) is 16.9 Å². The molecule has 174 valence electrons. The zero-order valence-electron chi connectivity index (χ0n) is 18.8. The third-order valence-corrected chi connectivity index (χ3v) is 5.56. The number of carbonyl (C=O) groups is 1. The fourth-order valence-electron chi connectivity index (χ4n) is 3.49. The van der Waals surface area contributed by atoms with Gasteiger partial charge in [-0.3, -0.25) is 4.79 Å². The fourth-order valence-corrected chi connectivity index (χ4v) is 4.09. The van der Waals surface area contributed by atoms with Gasteiger partial charge in [-0.05, 0) is 63.7 Å². The van der Waals surface area contributed by atoms with E-state index >= 15 is 0 Å². The maximum absolute atomic E-state index is 13.5. The Labute approximate surface area is 197 Å². The highest BCUT2D eigenvalue weighted by atomic mass is 79.9. The summed E-state index contributed by atoms with van der Waals surface area (Å²) in [7, 11) is 1.57. The molecule has 0 saturated carbocycles. The van der Waals surface area contributed by atoms with Crippen molar-refractivity contribution in [3.05, 3.63) is 57.8 Å². The third kappa shape index (κ3) is 6.89. The number of aliphatic hydroxyl groups excluding tert-OH is 2. The van der Waals surface area contributed by atoms with Crippen LogP contribution in [0.25, 0.3) is 17.2 Å². The molecule has 0 spiro atoms. The smallest absolute Gasteiger partial charge is 0.308 e. The maximum Gasteiger partial charge on any atom is 0.308 e. The normalized spacial score (nSPS) is 13.4. The Balaban J connectivity index is 2.44. The van der Waals surface area contributed by atoms with Gasteiger partial charge in [-0.15, -0.1) is 0 Å². The molecule has 2 rings (SSSR count). The van der Waals surface area contributed by atoms with Crippen LogP contribution in [0.15, 0.2) is 40.9 Å². The van der Waals surface area contributed by atoms with Crippen molar-refractivity contribution < 1.29 is 28.9 Å². The van der Waals surface area contributed by atoms with E-state index in [1.807, 2.05) is 6.07 Å². The molecule has 5 nitrogen and oxygen atoms in total. The molecule has 0 aliphatic carbocycles. The quantitative estimate of drug-likeness (QED) is 0.416. The molecule has 0 fully saturated rings. The Morgan fingerprint density at radius 3 is 2.44 bits per heavy atom. The Hall–Kier alpha value is -2.22. The Morgan fingerprint density at radius 1 is 1.22 bits per heavy atom. The predicted octanol–water partition coefficient (Wildman–Crippen LogP) is 5.47. The van der Waals surface area contributed by atoms with Crippen LogP contribution in [0, 0.1) is 5.82 Å². The molecule has 0 saturated heterocycles. The van der Waals surface area contributed by atoms with Gasteiger partial charge in [0.15, 0.2) is 0 Å².